The van der Waals surface area contributed by atoms with Crippen LogP contribution in [0.3, 0.4) is 0 Å². The highest BCUT2D eigenvalue weighted by atomic mass is 32.1. The summed E-state index contributed by atoms with van der Waals surface area (Å²) in [5, 5.41) is 11.5. The number of aromatic amines is 1. The Bertz CT molecular complexity index is 655. The Morgan fingerprint density at radius 2 is 2.14 bits per heavy atom. The van der Waals surface area contributed by atoms with Gasteiger partial charge in [-0.25, -0.2) is 0 Å². The minimum Gasteiger partial charge on any atom is -0.332 e. The second-order valence-corrected chi connectivity index (χ2v) is 7.05. The van der Waals surface area contributed by atoms with Gasteiger partial charge >= 0.3 is 0 Å². The third-order valence-electron chi connectivity index (χ3n) is 3.11. The third-order valence-corrected chi connectivity index (χ3v) is 3.97. The molecule has 0 fully saturated rings. The van der Waals surface area contributed by atoms with Gasteiger partial charge in [0.25, 0.3) is 5.91 Å². The largest absolute Gasteiger partial charge is 0.332 e. The van der Waals surface area contributed by atoms with Crippen molar-refractivity contribution in [2.24, 2.45) is 0 Å². The van der Waals surface area contributed by atoms with E-state index in [1.165, 1.54) is 16.2 Å². The number of likely N-dealkylation sites (N-methyl/N-ethyl adjacent to an activating group) is 1. The monoisotopic (exact) mass is 320 g/mol. The van der Waals surface area contributed by atoms with Crippen LogP contribution in [0.2, 0.25) is 0 Å². The summed E-state index contributed by atoms with van der Waals surface area (Å²) >= 11 is 1.36. The molecule has 0 aromatic carbocycles. The van der Waals surface area contributed by atoms with Crippen LogP contribution in [-0.2, 0) is 10.2 Å². The first-order chi connectivity index (χ1) is 10.3. The van der Waals surface area contributed by atoms with Gasteiger partial charge < -0.3 is 10.2 Å². The summed E-state index contributed by atoms with van der Waals surface area (Å²) in [7, 11) is 1.60. The fourth-order valence-corrected chi connectivity index (χ4v) is 2.55. The standard InChI is InChI=1S/C15H20N4O2S/c1-15(2,3)11-8-12(18-17-11)16-13(20)9-19(4)14(21)10-6-5-7-22-10/h5-8H,9H2,1-4H3,(H2,16,17,18,20). The van der Waals surface area contributed by atoms with E-state index in [9.17, 15) is 9.59 Å². The van der Waals surface area contributed by atoms with E-state index in [0.717, 1.165) is 5.69 Å². The average Bonchev–Trinajstić information content (AvgIpc) is 3.07. The van der Waals surface area contributed by atoms with Gasteiger partial charge in [-0.1, -0.05) is 26.8 Å². The maximum atomic E-state index is 12.1. The van der Waals surface area contributed by atoms with Crippen molar-refractivity contribution in [3.8, 4) is 0 Å². The number of anilines is 1. The maximum absolute atomic E-state index is 12.1. The first-order valence-electron chi connectivity index (χ1n) is 6.92. The fraction of sp³-hybridized carbons (Fsp3) is 0.400. The van der Waals surface area contributed by atoms with Gasteiger partial charge in [-0.05, 0) is 11.4 Å². The molecule has 0 saturated carbocycles. The number of aromatic nitrogens is 2. The lowest BCUT2D eigenvalue weighted by atomic mass is 9.92. The Morgan fingerprint density at radius 1 is 1.41 bits per heavy atom. The van der Waals surface area contributed by atoms with Crippen molar-refractivity contribution in [2.45, 2.75) is 26.2 Å². The lowest BCUT2D eigenvalue weighted by Gasteiger charge is -2.15. The second-order valence-electron chi connectivity index (χ2n) is 6.10. The molecule has 0 aliphatic carbocycles. The Balaban J connectivity index is 1.93. The van der Waals surface area contributed by atoms with Crippen molar-refractivity contribution in [1.82, 2.24) is 15.1 Å². The minimum atomic E-state index is -0.278. The SMILES string of the molecule is CN(CC(=O)Nc1cc(C(C)(C)C)[nH]n1)C(=O)c1cccs1. The maximum Gasteiger partial charge on any atom is 0.264 e. The first-order valence-corrected chi connectivity index (χ1v) is 7.80. The Hall–Kier alpha value is -2.15. The lowest BCUT2D eigenvalue weighted by molar-refractivity contribution is -0.116. The van der Waals surface area contributed by atoms with Crippen LogP contribution in [0.25, 0.3) is 0 Å². The molecule has 2 amide bonds. The molecule has 0 aliphatic heterocycles. The van der Waals surface area contributed by atoms with Gasteiger partial charge in [0.15, 0.2) is 5.82 Å². The van der Waals surface area contributed by atoms with E-state index in [0.29, 0.717) is 10.7 Å². The normalized spacial score (nSPS) is 11.3. The van der Waals surface area contributed by atoms with Gasteiger partial charge in [-0.15, -0.1) is 11.3 Å². The van der Waals surface area contributed by atoms with Gasteiger partial charge in [-0.3, -0.25) is 14.7 Å². The number of carbonyl (C=O) groups excluding carboxylic acids is 2. The summed E-state index contributed by atoms with van der Waals surface area (Å²) in [5.41, 5.74) is 0.868. The zero-order valence-corrected chi connectivity index (χ0v) is 14.0. The number of rotatable bonds is 4. The summed E-state index contributed by atoms with van der Waals surface area (Å²) in [5.74, 6) is 0.0221. The van der Waals surface area contributed by atoms with E-state index >= 15 is 0 Å². The highest BCUT2D eigenvalue weighted by Gasteiger charge is 2.19. The number of thiophene rings is 1. The molecule has 2 aromatic rings. The van der Waals surface area contributed by atoms with E-state index in [2.05, 4.69) is 36.3 Å². The molecule has 0 bridgehead atoms. The van der Waals surface area contributed by atoms with Crippen LogP contribution >= 0.6 is 11.3 Å². The number of amides is 2. The van der Waals surface area contributed by atoms with E-state index in [4.69, 9.17) is 0 Å². The molecular weight excluding hydrogens is 300 g/mol. The zero-order chi connectivity index (χ0) is 16.3. The number of H-pyrrole nitrogens is 1. The number of hydrogen-bond acceptors (Lipinski definition) is 4. The summed E-state index contributed by atoms with van der Waals surface area (Å²) < 4.78 is 0. The molecule has 0 radical (unpaired) electrons. The molecule has 0 aliphatic rings. The summed E-state index contributed by atoms with van der Waals surface area (Å²) in [6, 6.07) is 5.35. The average molecular weight is 320 g/mol. The Kier molecular flexibility index (Phi) is 4.65. The molecule has 2 aromatic heterocycles. The van der Waals surface area contributed by atoms with Crippen LogP contribution in [0, 0.1) is 0 Å². The van der Waals surface area contributed by atoms with Gasteiger partial charge in [0, 0.05) is 24.2 Å². The minimum absolute atomic E-state index is 0.0194. The fourth-order valence-electron chi connectivity index (χ4n) is 1.83. The topological polar surface area (TPSA) is 78.1 Å². The molecule has 2 N–H and O–H groups in total. The molecule has 118 valence electrons. The van der Waals surface area contributed by atoms with Crippen LogP contribution in [0.1, 0.15) is 36.1 Å². The van der Waals surface area contributed by atoms with Crippen molar-refractivity contribution < 1.29 is 9.59 Å². The van der Waals surface area contributed by atoms with Crippen molar-refractivity contribution in [3.63, 3.8) is 0 Å². The van der Waals surface area contributed by atoms with Gasteiger partial charge in [0.1, 0.15) is 0 Å². The van der Waals surface area contributed by atoms with Crippen LogP contribution < -0.4 is 5.32 Å². The molecule has 7 heteroatoms. The van der Waals surface area contributed by atoms with Crippen molar-refractivity contribution in [3.05, 3.63) is 34.2 Å². The van der Waals surface area contributed by atoms with Crippen LogP contribution in [0.4, 0.5) is 5.82 Å². The quantitative estimate of drug-likeness (QED) is 0.908. The lowest BCUT2D eigenvalue weighted by Crippen LogP contribution is -2.34. The molecule has 0 spiro atoms. The number of carbonyl (C=O) groups is 2. The Morgan fingerprint density at radius 3 is 2.68 bits per heavy atom. The summed E-state index contributed by atoms with van der Waals surface area (Å²) in [6.45, 7) is 6.15. The van der Waals surface area contributed by atoms with Crippen molar-refractivity contribution >= 4 is 29.0 Å². The molecule has 0 saturated heterocycles. The van der Waals surface area contributed by atoms with Crippen molar-refractivity contribution in [1.29, 1.82) is 0 Å². The third kappa shape index (κ3) is 3.94. The number of nitrogens with zero attached hydrogens (tertiary/aromatic N) is 2. The van der Waals surface area contributed by atoms with Gasteiger partial charge in [0.05, 0.1) is 11.4 Å². The zero-order valence-electron chi connectivity index (χ0n) is 13.1. The molecular formula is C15H20N4O2S. The molecule has 0 atom stereocenters. The van der Waals surface area contributed by atoms with E-state index < -0.39 is 0 Å². The van der Waals surface area contributed by atoms with Crippen LogP contribution in [0.15, 0.2) is 23.6 Å². The van der Waals surface area contributed by atoms with Crippen LogP contribution in [-0.4, -0.2) is 40.5 Å². The summed E-state index contributed by atoms with van der Waals surface area (Å²) in [6.07, 6.45) is 0. The van der Waals surface area contributed by atoms with E-state index in [1.54, 1.807) is 19.2 Å². The molecule has 2 heterocycles. The second kappa shape index (κ2) is 6.31. The van der Waals surface area contributed by atoms with Crippen LogP contribution in [0.5, 0.6) is 0 Å². The Labute approximate surface area is 133 Å². The van der Waals surface area contributed by atoms with Crippen molar-refractivity contribution in [2.75, 3.05) is 18.9 Å². The molecule has 6 nitrogen and oxygen atoms in total. The predicted molar refractivity (Wildman–Crippen MR) is 87.2 cm³/mol. The predicted octanol–water partition coefficient (Wildman–Crippen LogP) is 2.48. The molecule has 0 unspecified atom stereocenters. The van der Waals surface area contributed by atoms with E-state index in [1.807, 2.05) is 11.4 Å². The first kappa shape index (κ1) is 16.2. The number of hydrogen-bond donors (Lipinski definition) is 2. The van der Waals surface area contributed by atoms with Gasteiger partial charge in [0.2, 0.25) is 5.91 Å². The molecule has 2 rings (SSSR count). The highest BCUT2D eigenvalue weighted by Crippen LogP contribution is 2.21. The van der Waals surface area contributed by atoms with Gasteiger partial charge in [-0.2, -0.15) is 5.10 Å². The highest BCUT2D eigenvalue weighted by molar-refractivity contribution is 7.12. The number of nitrogens with one attached hydrogen (secondary N) is 2. The smallest absolute Gasteiger partial charge is 0.264 e. The molecule has 22 heavy (non-hydrogen) atoms. The summed E-state index contributed by atoms with van der Waals surface area (Å²) in [4.78, 5) is 26.1. The van der Waals surface area contributed by atoms with E-state index in [-0.39, 0.29) is 23.8 Å².